The molecule has 0 spiro atoms. The van der Waals surface area contributed by atoms with E-state index in [0.29, 0.717) is 18.0 Å². The maximum atomic E-state index is 13.0. The van der Waals surface area contributed by atoms with Crippen molar-refractivity contribution in [1.29, 1.82) is 0 Å². The molecule has 2 aromatic rings. The van der Waals surface area contributed by atoms with Crippen LogP contribution in [0.2, 0.25) is 0 Å². The first-order chi connectivity index (χ1) is 13.7. The van der Waals surface area contributed by atoms with Crippen LogP contribution < -0.4 is 4.90 Å². The summed E-state index contributed by atoms with van der Waals surface area (Å²) < 4.78 is 0. The highest BCUT2D eigenvalue weighted by atomic mass is 16.2. The Morgan fingerprint density at radius 1 is 0.893 bits per heavy atom. The summed E-state index contributed by atoms with van der Waals surface area (Å²) in [5, 5.41) is 0. The molecule has 0 bridgehead atoms. The fourth-order valence-corrected chi connectivity index (χ4v) is 4.47. The Hall–Kier alpha value is -2.46. The second-order valence-corrected chi connectivity index (χ2v) is 7.98. The lowest BCUT2D eigenvalue weighted by Gasteiger charge is -2.34. The SMILES string of the molecule is CCc1ccc(N2C(=O)CC(N3CCC(Cc4ccccc4)CC3)C2=O)cc1. The fraction of sp³-hybridized carbons (Fsp3) is 0.417. The molecule has 146 valence electrons. The number of hydrogen-bond donors (Lipinski definition) is 0. The van der Waals surface area contributed by atoms with Crippen molar-refractivity contribution in [3.8, 4) is 0 Å². The molecule has 0 aliphatic carbocycles. The Labute approximate surface area is 167 Å². The summed E-state index contributed by atoms with van der Waals surface area (Å²) in [6.45, 7) is 3.88. The van der Waals surface area contributed by atoms with E-state index < -0.39 is 0 Å². The van der Waals surface area contributed by atoms with Crippen molar-refractivity contribution in [3.05, 3.63) is 65.7 Å². The Balaban J connectivity index is 1.37. The van der Waals surface area contributed by atoms with Crippen molar-refractivity contribution in [3.63, 3.8) is 0 Å². The Morgan fingerprint density at radius 2 is 1.57 bits per heavy atom. The molecular weight excluding hydrogens is 348 g/mol. The molecule has 2 aromatic carbocycles. The van der Waals surface area contributed by atoms with E-state index in [-0.39, 0.29) is 17.9 Å². The average molecular weight is 377 g/mol. The summed E-state index contributed by atoms with van der Waals surface area (Å²) >= 11 is 0. The van der Waals surface area contributed by atoms with E-state index in [1.54, 1.807) is 0 Å². The molecule has 0 N–H and O–H groups in total. The number of hydrogen-bond acceptors (Lipinski definition) is 3. The number of amides is 2. The van der Waals surface area contributed by atoms with Crippen molar-refractivity contribution >= 4 is 17.5 Å². The van der Waals surface area contributed by atoms with Gasteiger partial charge in [0, 0.05) is 0 Å². The first kappa shape index (κ1) is 18.9. The third-order valence-corrected chi connectivity index (χ3v) is 6.18. The number of nitrogens with zero attached hydrogens (tertiary/aromatic N) is 2. The number of likely N-dealkylation sites (tertiary alicyclic amines) is 1. The van der Waals surface area contributed by atoms with Crippen molar-refractivity contribution < 1.29 is 9.59 Å². The number of carbonyl (C=O) groups excluding carboxylic acids is 2. The highest BCUT2D eigenvalue weighted by Crippen LogP contribution is 2.29. The third-order valence-electron chi connectivity index (χ3n) is 6.18. The summed E-state index contributed by atoms with van der Waals surface area (Å²) in [5.41, 5.74) is 3.29. The zero-order valence-corrected chi connectivity index (χ0v) is 16.5. The largest absolute Gasteiger partial charge is 0.292 e. The smallest absolute Gasteiger partial charge is 0.251 e. The minimum atomic E-state index is -0.295. The van der Waals surface area contributed by atoms with Gasteiger partial charge in [0.1, 0.15) is 0 Å². The highest BCUT2D eigenvalue weighted by Gasteiger charge is 2.43. The van der Waals surface area contributed by atoms with Crippen LogP contribution in [0, 0.1) is 5.92 Å². The fourth-order valence-electron chi connectivity index (χ4n) is 4.47. The van der Waals surface area contributed by atoms with Gasteiger partial charge in [0.05, 0.1) is 18.2 Å². The normalized spacial score (nSPS) is 21.5. The summed E-state index contributed by atoms with van der Waals surface area (Å²) in [6.07, 6.45) is 4.51. The van der Waals surface area contributed by atoms with Crippen molar-refractivity contribution in [2.75, 3.05) is 18.0 Å². The Bertz CT molecular complexity index is 823. The van der Waals surface area contributed by atoms with Crippen LogP contribution in [-0.4, -0.2) is 35.8 Å². The second kappa shape index (κ2) is 8.27. The van der Waals surface area contributed by atoms with Gasteiger partial charge >= 0.3 is 0 Å². The molecule has 2 saturated heterocycles. The van der Waals surface area contributed by atoms with Gasteiger partial charge in [-0.05, 0) is 68.0 Å². The molecule has 4 heteroatoms. The van der Waals surface area contributed by atoms with Gasteiger partial charge in [0.2, 0.25) is 5.91 Å². The molecule has 2 amide bonds. The molecule has 2 heterocycles. The van der Waals surface area contributed by atoms with Crippen molar-refractivity contribution in [1.82, 2.24) is 4.90 Å². The first-order valence-corrected chi connectivity index (χ1v) is 10.4. The second-order valence-electron chi connectivity index (χ2n) is 7.98. The maximum absolute atomic E-state index is 13.0. The van der Waals surface area contributed by atoms with E-state index in [1.165, 1.54) is 16.0 Å². The van der Waals surface area contributed by atoms with Gasteiger partial charge in [-0.15, -0.1) is 0 Å². The van der Waals surface area contributed by atoms with Crippen LogP contribution >= 0.6 is 0 Å². The topological polar surface area (TPSA) is 40.6 Å². The van der Waals surface area contributed by atoms with E-state index >= 15 is 0 Å². The van der Waals surface area contributed by atoms with Gasteiger partial charge in [-0.1, -0.05) is 49.4 Å². The summed E-state index contributed by atoms with van der Waals surface area (Å²) in [7, 11) is 0. The third kappa shape index (κ3) is 3.88. The Morgan fingerprint density at radius 3 is 2.21 bits per heavy atom. The van der Waals surface area contributed by atoms with E-state index in [1.807, 2.05) is 24.3 Å². The number of benzene rings is 2. The van der Waals surface area contributed by atoms with Crippen LogP contribution in [0.4, 0.5) is 5.69 Å². The quantitative estimate of drug-likeness (QED) is 0.745. The molecule has 28 heavy (non-hydrogen) atoms. The molecule has 4 rings (SSSR count). The van der Waals surface area contributed by atoms with Crippen LogP contribution in [0.3, 0.4) is 0 Å². The van der Waals surface area contributed by atoms with E-state index in [2.05, 4.69) is 42.2 Å². The molecule has 0 radical (unpaired) electrons. The van der Waals surface area contributed by atoms with E-state index in [9.17, 15) is 9.59 Å². The highest BCUT2D eigenvalue weighted by molar-refractivity contribution is 6.22. The van der Waals surface area contributed by atoms with E-state index in [0.717, 1.165) is 38.8 Å². The van der Waals surface area contributed by atoms with Gasteiger partial charge in [0.15, 0.2) is 0 Å². The van der Waals surface area contributed by atoms with Gasteiger partial charge in [-0.3, -0.25) is 14.5 Å². The predicted molar refractivity (Wildman–Crippen MR) is 111 cm³/mol. The van der Waals surface area contributed by atoms with Crippen LogP contribution in [-0.2, 0) is 22.4 Å². The predicted octanol–water partition coefficient (Wildman–Crippen LogP) is 3.84. The number of aryl methyl sites for hydroxylation is 1. The standard InChI is InChI=1S/C24H28N2O2/c1-2-18-8-10-21(11-9-18)26-23(27)17-22(24(26)28)25-14-12-20(13-15-25)16-19-6-4-3-5-7-19/h3-11,20,22H,2,12-17H2,1H3. The van der Waals surface area contributed by atoms with Crippen LogP contribution in [0.1, 0.15) is 37.3 Å². The van der Waals surface area contributed by atoms with Crippen LogP contribution in [0.15, 0.2) is 54.6 Å². The molecule has 2 aliphatic rings. The summed E-state index contributed by atoms with van der Waals surface area (Å²) in [5.74, 6) is 0.518. The molecule has 0 saturated carbocycles. The molecular formula is C24H28N2O2. The summed E-state index contributed by atoms with van der Waals surface area (Å²) in [6, 6.07) is 18.1. The van der Waals surface area contributed by atoms with Crippen LogP contribution in [0.25, 0.3) is 0 Å². The first-order valence-electron chi connectivity index (χ1n) is 10.4. The molecule has 2 fully saturated rings. The number of piperidine rings is 1. The van der Waals surface area contributed by atoms with Crippen molar-refractivity contribution in [2.24, 2.45) is 5.92 Å². The number of imide groups is 1. The summed E-state index contributed by atoms with van der Waals surface area (Å²) in [4.78, 5) is 29.2. The number of rotatable bonds is 5. The van der Waals surface area contributed by atoms with Gasteiger partial charge in [-0.2, -0.15) is 0 Å². The monoisotopic (exact) mass is 376 g/mol. The lowest BCUT2D eigenvalue weighted by molar-refractivity contribution is -0.123. The van der Waals surface area contributed by atoms with E-state index in [4.69, 9.17) is 0 Å². The Kier molecular flexibility index (Phi) is 5.58. The number of carbonyl (C=O) groups is 2. The van der Waals surface area contributed by atoms with Crippen molar-refractivity contribution in [2.45, 2.75) is 45.1 Å². The molecule has 0 aromatic heterocycles. The molecule has 4 nitrogen and oxygen atoms in total. The molecule has 1 unspecified atom stereocenters. The van der Waals surface area contributed by atoms with Gasteiger partial charge in [0.25, 0.3) is 5.91 Å². The number of anilines is 1. The van der Waals surface area contributed by atoms with Crippen LogP contribution in [0.5, 0.6) is 0 Å². The van der Waals surface area contributed by atoms with Gasteiger partial charge in [-0.25, -0.2) is 4.90 Å². The minimum absolute atomic E-state index is 0.0595. The zero-order valence-electron chi connectivity index (χ0n) is 16.5. The zero-order chi connectivity index (χ0) is 19.5. The lowest BCUT2D eigenvalue weighted by atomic mass is 9.89. The lowest BCUT2D eigenvalue weighted by Crippen LogP contribution is -2.46. The molecule has 1 atom stereocenters. The molecule has 2 aliphatic heterocycles. The maximum Gasteiger partial charge on any atom is 0.251 e. The minimum Gasteiger partial charge on any atom is -0.292 e. The average Bonchev–Trinajstić information content (AvgIpc) is 3.03. The van der Waals surface area contributed by atoms with Gasteiger partial charge < -0.3 is 0 Å².